The maximum absolute atomic E-state index is 8.85. The van der Waals surface area contributed by atoms with Gasteiger partial charge >= 0.3 is 0 Å². The average molecular weight is 142 g/mol. The zero-order chi connectivity index (χ0) is 7.56. The Morgan fingerprint density at radius 2 is 1.60 bits per heavy atom. The normalized spacial score (nSPS) is 9.30. The largest absolute Gasteiger partial charge is 0.504 e. The molecule has 0 aliphatic rings. The van der Waals surface area contributed by atoms with E-state index in [1.807, 2.05) is 0 Å². The molecular weight excluding hydrogens is 136 g/mol. The van der Waals surface area contributed by atoms with Gasteiger partial charge in [-0.25, -0.2) is 5.26 Å². The van der Waals surface area contributed by atoms with Gasteiger partial charge in [0, 0.05) is 0 Å². The Labute approximate surface area is 56.9 Å². The van der Waals surface area contributed by atoms with Crippen molar-refractivity contribution in [3.8, 4) is 17.2 Å². The second kappa shape index (κ2) is 2.45. The summed E-state index contributed by atoms with van der Waals surface area (Å²) in [6, 6.07) is 3.99. The third-order valence-electron chi connectivity index (χ3n) is 1.06. The number of aromatic hydroxyl groups is 2. The minimum Gasteiger partial charge on any atom is -0.504 e. The molecule has 0 aliphatic carbocycles. The van der Waals surface area contributed by atoms with Crippen LogP contribution in [0.3, 0.4) is 0 Å². The number of hydrogen-bond acceptors (Lipinski definition) is 4. The Balaban J connectivity index is 3.17. The third kappa shape index (κ3) is 0.964. The van der Waals surface area contributed by atoms with Crippen molar-refractivity contribution in [2.24, 2.45) is 0 Å². The van der Waals surface area contributed by atoms with E-state index >= 15 is 0 Å². The van der Waals surface area contributed by atoms with Crippen LogP contribution in [0.5, 0.6) is 17.2 Å². The molecule has 1 rings (SSSR count). The van der Waals surface area contributed by atoms with Gasteiger partial charge in [-0.05, 0) is 12.1 Å². The fourth-order valence-corrected chi connectivity index (χ4v) is 0.607. The highest BCUT2D eigenvalue weighted by molar-refractivity contribution is 5.48. The summed E-state index contributed by atoms with van der Waals surface area (Å²) in [6.45, 7) is 0. The Morgan fingerprint density at radius 3 is 1.90 bits per heavy atom. The van der Waals surface area contributed by atoms with Crippen LogP contribution in [0.1, 0.15) is 0 Å². The summed E-state index contributed by atoms with van der Waals surface area (Å²) < 4.78 is 0. The van der Waals surface area contributed by atoms with Gasteiger partial charge < -0.3 is 15.1 Å². The predicted molar refractivity (Wildman–Crippen MR) is 33.0 cm³/mol. The van der Waals surface area contributed by atoms with Crippen LogP contribution in [0.25, 0.3) is 0 Å². The molecule has 0 spiro atoms. The van der Waals surface area contributed by atoms with E-state index < -0.39 is 0 Å². The molecule has 1 aromatic rings. The van der Waals surface area contributed by atoms with Gasteiger partial charge in [0.2, 0.25) is 5.75 Å². The lowest BCUT2D eigenvalue weighted by Gasteiger charge is -2.00. The van der Waals surface area contributed by atoms with Crippen LogP contribution in [-0.4, -0.2) is 15.5 Å². The van der Waals surface area contributed by atoms with Gasteiger partial charge in [0.15, 0.2) is 11.5 Å². The van der Waals surface area contributed by atoms with E-state index in [0.29, 0.717) is 0 Å². The quantitative estimate of drug-likeness (QED) is 0.403. The molecule has 0 bridgehead atoms. The summed E-state index contributed by atoms with van der Waals surface area (Å²) in [5, 5.41) is 25.8. The highest BCUT2D eigenvalue weighted by Gasteiger charge is 2.06. The molecule has 0 unspecified atom stereocenters. The lowest BCUT2D eigenvalue weighted by atomic mass is 10.3. The van der Waals surface area contributed by atoms with Crippen LogP contribution in [0.15, 0.2) is 18.2 Å². The molecular formula is C6H6O4. The highest BCUT2D eigenvalue weighted by atomic mass is 17.1. The lowest BCUT2D eigenvalue weighted by molar-refractivity contribution is -0.140. The van der Waals surface area contributed by atoms with Crippen LogP contribution in [-0.2, 0) is 0 Å². The van der Waals surface area contributed by atoms with Crippen molar-refractivity contribution in [3.63, 3.8) is 0 Å². The van der Waals surface area contributed by atoms with Crippen molar-refractivity contribution in [2.45, 2.75) is 0 Å². The monoisotopic (exact) mass is 142 g/mol. The smallest absolute Gasteiger partial charge is 0.248 e. The minimum atomic E-state index is -0.331. The van der Waals surface area contributed by atoms with Gasteiger partial charge in [0.1, 0.15) is 0 Å². The van der Waals surface area contributed by atoms with Crippen molar-refractivity contribution in [1.82, 2.24) is 0 Å². The first-order chi connectivity index (χ1) is 4.75. The molecule has 0 atom stereocenters. The molecule has 10 heavy (non-hydrogen) atoms. The van der Waals surface area contributed by atoms with E-state index in [9.17, 15) is 0 Å². The first-order valence-electron chi connectivity index (χ1n) is 2.58. The number of hydrogen-bond donors (Lipinski definition) is 3. The van der Waals surface area contributed by atoms with Gasteiger partial charge in [-0.2, -0.15) is 0 Å². The number of para-hydroxylation sites is 1. The molecule has 0 amide bonds. The first-order valence-corrected chi connectivity index (χ1v) is 2.58. The molecule has 54 valence electrons. The summed E-state index contributed by atoms with van der Waals surface area (Å²) >= 11 is 0. The number of phenolic OH excluding ortho intramolecular Hbond substituents is 2. The summed E-state index contributed by atoms with van der Waals surface area (Å²) in [4.78, 5) is 3.68. The van der Waals surface area contributed by atoms with Crippen molar-refractivity contribution in [2.75, 3.05) is 0 Å². The molecule has 0 aromatic heterocycles. The van der Waals surface area contributed by atoms with E-state index in [1.54, 1.807) is 0 Å². The third-order valence-corrected chi connectivity index (χ3v) is 1.06. The number of phenols is 2. The first kappa shape index (κ1) is 6.70. The van der Waals surface area contributed by atoms with Crippen LogP contribution in [0.2, 0.25) is 0 Å². The molecule has 3 N–H and O–H groups in total. The highest BCUT2D eigenvalue weighted by Crippen LogP contribution is 2.34. The summed E-state index contributed by atoms with van der Waals surface area (Å²) in [5.74, 6) is -0.937. The second-order valence-corrected chi connectivity index (χ2v) is 1.72. The summed E-state index contributed by atoms with van der Waals surface area (Å²) in [7, 11) is 0. The van der Waals surface area contributed by atoms with Gasteiger partial charge in [-0.15, -0.1) is 0 Å². The number of benzene rings is 1. The average Bonchev–Trinajstić information content (AvgIpc) is 1.88. The summed E-state index contributed by atoms with van der Waals surface area (Å²) in [5.41, 5.74) is 0. The Bertz CT molecular complexity index is 213. The van der Waals surface area contributed by atoms with E-state index in [4.69, 9.17) is 15.5 Å². The molecule has 1 aromatic carbocycles. The molecule has 4 heteroatoms. The topological polar surface area (TPSA) is 69.9 Å². The molecule has 0 radical (unpaired) electrons. The molecule has 0 saturated carbocycles. The van der Waals surface area contributed by atoms with Crippen molar-refractivity contribution in [1.29, 1.82) is 0 Å². The lowest BCUT2D eigenvalue weighted by Crippen LogP contribution is -1.84. The van der Waals surface area contributed by atoms with Crippen molar-refractivity contribution in [3.05, 3.63) is 18.2 Å². The molecule has 0 saturated heterocycles. The van der Waals surface area contributed by atoms with Gasteiger partial charge in [-0.1, -0.05) is 6.07 Å². The van der Waals surface area contributed by atoms with Crippen LogP contribution < -0.4 is 4.89 Å². The number of rotatable bonds is 1. The van der Waals surface area contributed by atoms with E-state index in [1.165, 1.54) is 18.2 Å². The van der Waals surface area contributed by atoms with Crippen LogP contribution >= 0.6 is 0 Å². The zero-order valence-electron chi connectivity index (χ0n) is 4.98. The van der Waals surface area contributed by atoms with E-state index in [-0.39, 0.29) is 17.2 Å². The predicted octanol–water partition coefficient (Wildman–Crippen LogP) is 0.950. The molecule has 0 heterocycles. The Morgan fingerprint density at radius 1 is 1.10 bits per heavy atom. The van der Waals surface area contributed by atoms with Gasteiger partial charge in [0.05, 0.1) is 0 Å². The Hall–Kier alpha value is -1.42. The van der Waals surface area contributed by atoms with Crippen molar-refractivity contribution >= 4 is 0 Å². The zero-order valence-corrected chi connectivity index (χ0v) is 4.98. The second-order valence-electron chi connectivity index (χ2n) is 1.72. The summed E-state index contributed by atoms with van der Waals surface area (Å²) in [6.07, 6.45) is 0. The van der Waals surface area contributed by atoms with Crippen LogP contribution in [0.4, 0.5) is 0 Å². The molecule has 0 aliphatic heterocycles. The molecule has 0 fully saturated rings. The molecule has 4 nitrogen and oxygen atoms in total. The van der Waals surface area contributed by atoms with Gasteiger partial charge in [0.25, 0.3) is 0 Å². The van der Waals surface area contributed by atoms with Crippen LogP contribution in [0, 0.1) is 0 Å². The minimum absolute atomic E-state index is 0.303. The fourth-order valence-electron chi connectivity index (χ4n) is 0.607. The maximum atomic E-state index is 8.85. The van der Waals surface area contributed by atoms with Gasteiger partial charge in [-0.3, -0.25) is 0 Å². The Kier molecular flexibility index (Phi) is 1.64. The maximum Gasteiger partial charge on any atom is 0.248 e. The van der Waals surface area contributed by atoms with E-state index in [0.717, 1.165) is 0 Å². The standard InChI is InChI=1S/C6H6O4/c7-4-2-1-3-5(8)6(4)10-9/h1-3,7-9H. The van der Waals surface area contributed by atoms with E-state index in [2.05, 4.69) is 4.89 Å². The van der Waals surface area contributed by atoms with Crippen molar-refractivity contribution < 1.29 is 20.4 Å². The SMILES string of the molecule is OOc1c(O)cccc1O. The fraction of sp³-hybridized carbons (Fsp3) is 0.